The molecule has 3 N–H and O–H groups in total. The Labute approximate surface area is 266 Å². The summed E-state index contributed by atoms with van der Waals surface area (Å²) >= 11 is 6.04. The van der Waals surface area contributed by atoms with E-state index in [-0.39, 0.29) is 31.6 Å². The summed E-state index contributed by atoms with van der Waals surface area (Å²) in [5.74, 6) is 1.70. The highest BCUT2D eigenvalue weighted by Crippen LogP contribution is 2.35. The minimum absolute atomic E-state index is 0.0220. The van der Waals surface area contributed by atoms with Crippen molar-refractivity contribution >= 4 is 31.5 Å². The SMILES string of the molecule is CC.CC(C)Oc1ccc(C(=O)NCCCOP(=O)(O)O)cc1Cl.CCC1C=CC/C=C\n2cc(-c3ccc(C)cc3)nc21. The molecule has 240 valence electrons. The maximum absolute atomic E-state index is 11.9. The zero-order valence-corrected chi connectivity index (χ0v) is 28.0. The van der Waals surface area contributed by atoms with Crippen molar-refractivity contribution in [2.45, 2.75) is 72.8 Å². The van der Waals surface area contributed by atoms with E-state index in [1.54, 1.807) is 12.1 Å². The number of benzene rings is 2. The van der Waals surface area contributed by atoms with E-state index in [0.29, 0.717) is 22.3 Å². The Kier molecular flexibility index (Phi) is 15.6. The van der Waals surface area contributed by atoms with Crippen LogP contribution in [0.3, 0.4) is 0 Å². The van der Waals surface area contributed by atoms with Crippen LogP contribution in [0.4, 0.5) is 0 Å². The van der Waals surface area contributed by atoms with Gasteiger partial charge in [0.05, 0.1) is 23.4 Å². The highest BCUT2D eigenvalue weighted by atomic mass is 35.5. The Bertz CT molecular complexity index is 1430. The quantitative estimate of drug-likeness (QED) is 0.115. The third-order valence-corrected chi connectivity index (χ3v) is 7.02. The minimum atomic E-state index is -4.46. The summed E-state index contributed by atoms with van der Waals surface area (Å²) < 4.78 is 22.4. The number of carbonyl (C=O) groups excluding carboxylic acids is 1. The largest absolute Gasteiger partial charge is 0.489 e. The molecule has 2 heterocycles. The van der Waals surface area contributed by atoms with E-state index in [4.69, 9.17) is 31.1 Å². The first-order valence-corrected chi connectivity index (χ1v) is 16.8. The lowest BCUT2D eigenvalue weighted by atomic mass is 10.0. The van der Waals surface area contributed by atoms with Crippen molar-refractivity contribution in [3.63, 3.8) is 0 Å². The van der Waals surface area contributed by atoms with E-state index in [2.05, 4.69) is 83.1 Å². The normalized spacial score (nSPS) is 14.6. The van der Waals surface area contributed by atoms with Gasteiger partial charge in [-0.05, 0) is 58.2 Å². The number of carbonyl (C=O) groups is 1. The van der Waals surface area contributed by atoms with Crippen LogP contribution in [0.25, 0.3) is 17.5 Å². The third kappa shape index (κ3) is 12.4. The van der Waals surface area contributed by atoms with Crippen LogP contribution in [0.5, 0.6) is 5.75 Å². The van der Waals surface area contributed by atoms with Gasteiger partial charge in [0.2, 0.25) is 0 Å². The number of halogens is 1. The second kappa shape index (κ2) is 18.6. The minimum Gasteiger partial charge on any atom is -0.489 e. The predicted octanol–water partition coefficient (Wildman–Crippen LogP) is 8.17. The molecule has 3 aromatic rings. The number of nitrogens with one attached hydrogen (secondary N) is 1. The van der Waals surface area contributed by atoms with Gasteiger partial charge in [-0.3, -0.25) is 9.32 Å². The summed E-state index contributed by atoms with van der Waals surface area (Å²) in [5, 5.41) is 2.94. The van der Waals surface area contributed by atoms with Crippen molar-refractivity contribution in [3.8, 4) is 17.0 Å². The molecule has 0 radical (unpaired) electrons. The topological polar surface area (TPSA) is 123 Å². The van der Waals surface area contributed by atoms with E-state index in [9.17, 15) is 9.36 Å². The maximum atomic E-state index is 11.9. The molecule has 11 heteroatoms. The van der Waals surface area contributed by atoms with Gasteiger partial charge >= 0.3 is 7.82 Å². The fourth-order valence-corrected chi connectivity index (χ4v) is 4.71. The number of imidazole rings is 1. The fraction of sp³-hybridized carbons (Fsp3) is 0.394. The molecule has 1 aliphatic heterocycles. The summed E-state index contributed by atoms with van der Waals surface area (Å²) in [4.78, 5) is 33.7. The first kappa shape index (κ1) is 37.0. The van der Waals surface area contributed by atoms with Gasteiger partial charge in [-0.1, -0.05) is 80.4 Å². The Morgan fingerprint density at radius 1 is 1.16 bits per heavy atom. The van der Waals surface area contributed by atoms with Crippen molar-refractivity contribution in [1.29, 1.82) is 0 Å². The first-order valence-electron chi connectivity index (χ1n) is 14.9. The molecule has 1 unspecified atom stereocenters. The molecule has 4 rings (SSSR count). The Balaban J connectivity index is 0.000000291. The summed E-state index contributed by atoms with van der Waals surface area (Å²) in [7, 11) is -4.46. The molecule has 44 heavy (non-hydrogen) atoms. The third-order valence-electron chi connectivity index (χ3n) is 6.21. The molecule has 1 aromatic heterocycles. The molecule has 0 spiro atoms. The lowest BCUT2D eigenvalue weighted by Crippen LogP contribution is -2.25. The van der Waals surface area contributed by atoms with Gasteiger partial charge in [-0.15, -0.1) is 0 Å². The standard InChI is InChI=1S/C18H20N2.C13H19ClNO6P.C2H6/c1-3-15-7-5-4-6-12-20-13-17(19-18(15)20)16-10-8-14(2)9-11-16;1-9(2)21-12-5-4-10(8-11(12)14)13(16)15-6-3-7-20-22(17,18)19;1-2/h5-13,15H,3-4H2,1-2H3;4-5,8-9H,3,6-7H2,1-2H3,(H,15,16)(H2,17,18,19);1-2H3/b7-5?,12-6-;;. The number of phosphoric ester groups is 1. The summed E-state index contributed by atoms with van der Waals surface area (Å²) in [6, 6.07) is 13.3. The zero-order chi connectivity index (χ0) is 32.7. The Hall–Kier alpha value is -3.20. The molecular weight excluding hydrogens is 601 g/mol. The average Bonchev–Trinajstić information content (AvgIpc) is 3.38. The number of ether oxygens (including phenoxy) is 1. The van der Waals surface area contributed by atoms with Gasteiger partial charge in [0.15, 0.2) is 0 Å². The number of aryl methyl sites for hydroxylation is 1. The van der Waals surface area contributed by atoms with Crippen LogP contribution in [0.2, 0.25) is 5.02 Å². The van der Waals surface area contributed by atoms with E-state index in [1.165, 1.54) is 17.2 Å². The number of fused-ring (bicyclic) bond motifs is 1. The van der Waals surface area contributed by atoms with Crippen molar-refractivity contribution in [2.75, 3.05) is 13.2 Å². The maximum Gasteiger partial charge on any atom is 0.469 e. The molecule has 2 aromatic carbocycles. The molecule has 9 nitrogen and oxygen atoms in total. The molecule has 0 fully saturated rings. The summed E-state index contributed by atoms with van der Waals surface area (Å²) in [6.07, 6.45) is 13.3. The van der Waals surface area contributed by atoms with Crippen LogP contribution >= 0.6 is 19.4 Å². The van der Waals surface area contributed by atoms with Gasteiger partial charge in [0.1, 0.15) is 11.6 Å². The van der Waals surface area contributed by atoms with Crippen molar-refractivity contribution < 1.29 is 28.4 Å². The van der Waals surface area contributed by atoms with Gasteiger partial charge < -0.3 is 24.4 Å². The lowest BCUT2D eigenvalue weighted by molar-refractivity contribution is 0.0951. The van der Waals surface area contributed by atoms with Crippen molar-refractivity contribution in [3.05, 3.63) is 88.9 Å². The van der Waals surface area contributed by atoms with E-state index in [1.807, 2.05) is 27.7 Å². The molecule has 0 saturated heterocycles. The Morgan fingerprint density at radius 3 is 2.48 bits per heavy atom. The summed E-state index contributed by atoms with van der Waals surface area (Å²) in [5.41, 5.74) is 3.89. The first-order chi connectivity index (χ1) is 21.0. The molecule has 1 aliphatic rings. The fourth-order valence-electron chi connectivity index (χ4n) is 4.12. The average molecular weight is 646 g/mol. The summed E-state index contributed by atoms with van der Waals surface area (Å²) in [6.45, 7) is 12.1. The smallest absolute Gasteiger partial charge is 0.469 e. The molecule has 1 atom stereocenters. The van der Waals surface area contributed by atoms with Crippen LogP contribution in [0, 0.1) is 6.92 Å². The monoisotopic (exact) mass is 645 g/mol. The van der Waals surface area contributed by atoms with Crippen LogP contribution < -0.4 is 10.1 Å². The number of hydrogen-bond donors (Lipinski definition) is 3. The van der Waals surface area contributed by atoms with E-state index in [0.717, 1.165) is 24.4 Å². The van der Waals surface area contributed by atoms with Crippen molar-refractivity contribution in [1.82, 2.24) is 14.9 Å². The molecule has 1 amide bonds. The number of nitrogens with zero attached hydrogens (tertiary/aromatic N) is 2. The van der Waals surface area contributed by atoms with Gasteiger partial charge in [0, 0.05) is 36.0 Å². The van der Waals surface area contributed by atoms with Crippen molar-refractivity contribution in [2.24, 2.45) is 0 Å². The number of allylic oxidation sites excluding steroid dienone is 3. The van der Waals surface area contributed by atoms with Gasteiger partial charge in [-0.2, -0.15) is 0 Å². The molecule has 0 aliphatic carbocycles. The lowest BCUT2D eigenvalue weighted by Gasteiger charge is -2.12. The van der Waals surface area contributed by atoms with Crippen LogP contribution in [-0.4, -0.2) is 44.5 Å². The van der Waals surface area contributed by atoms with Gasteiger partial charge in [0.25, 0.3) is 5.91 Å². The number of amides is 1. The van der Waals surface area contributed by atoms with E-state index < -0.39 is 7.82 Å². The highest BCUT2D eigenvalue weighted by Gasteiger charge is 2.16. The molecular formula is C33H45ClN3O6P. The predicted molar refractivity (Wildman–Crippen MR) is 178 cm³/mol. The van der Waals surface area contributed by atoms with Crippen LogP contribution in [0.1, 0.15) is 81.5 Å². The van der Waals surface area contributed by atoms with Gasteiger partial charge in [-0.25, -0.2) is 9.55 Å². The van der Waals surface area contributed by atoms with Crippen LogP contribution in [-0.2, 0) is 9.09 Å². The zero-order valence-electron chi connectivity index (χ0n) is 26.4. The molecule has 0 bridgehead atoms. The number of aromatic nitrogens is 2. The second-order valence-electron chi connectivity index (χ2n) is 10.1. The molecule has 0 saturated carbocycles. The number of rotatable bonds is 10. The van der Waals surface area contributed by atoms with Crippen LogP contribution in [0.15, 0.2) is 66.9 Å². The Morgan fingerprint density at radius 2 is 1.86 bits per heavy atom. The van der Waals surface area contributed by atoms with E-state index >= 15 is 0 Å². The highest BCUT2D eigenvalue weighted by molar-refractivity contribution is 7.46. The number of phosphoric acid groups is 1. The number of hydrogen-bond acceptors (Lipinski definition) is 5. The second-order valence-corrected chi connectivity index (χ2v) is 11.7.